The Hall–Kier alpha value is -3.11. The van der Waals surface area contributed by atoms with Crippen LogP contribution in [0.5, 0.6) is 5.75 Å². The molecule has 0 spiro atoms. The van der Waals surface area contributed by atoms with E-state index in [9.17, 15) is 4.79 Å². The molecule has 4 nitrogen and oxygen atoms in total. The second kappa shape index (κ2) is 10.6. The summed E-state index contributed by atoms with van der Waals surface area (Å²) in [5.41, 5.74) is 4.00. The van der Waals surface area contributed by atoms with Crippen LogP contribution >= 0.6 is 0 Å². The number of carbonyl (C=O) groups is 1. The van der Waals surface area contributed by atoms with Crippen molar-refractivity contribution in [3.8, 4) is 5.75 Å². The minimum absolute atomic E-state index is 0.0590. The van der Waals surface area contributed by atoms with Crippen molar-refractivity contribution in [1.82, 2.24) is 5.32 Å². The highest BCUT2D eigenvalue weighted by Crippen LogP contribution is 2.27. The lowest BCUT2D eigenvalue weighted by Crippen LogP contribution is -2.35. The Labute approximate surface area is 179 Å². The summed E-state index contributed by atoms with van der Waals surface area (Å²) in [4.78, 5) is 13.4. The van der Waals surface area contributed by atoms with Crippen LogP contribution in [0.15, 0.2) is 78.9 Å². The highest BCUT2D eigenvalue weighted by atomic mass is 16.5. The first-order chi connectivity index (χ1) is 14.6. The predicted molar refractivity (Wildman–Crippen MR) is 123 cm³/mol. The van der Waals surface area contributed by atoms with Gasteiger partial charge in [-0.2, -0.15) is 0 Å². The number of carbonyl (C=O) groups excluding carboxylic acids is 1. The Morgan fingerprint density at radius 2 is 1.53 bits per heavy atom. The molecule has 0 aliphatic heterocycles. The van der Waals surface area contributed by atoms with Crippen LogP contribution in [-0.2, 0) is 4.79 Å². The number of benzene rings is 3. The van der Waals surface area contributed by atoms with E-state index in [1.165, 1.54) is 11.1 Å². The van der Waals surface area contributed by atoms with Crippen molar-refractivity contribution < 1.29 is 9.53 Å². The van der Waals surface area contributed by atoms with E-state index < -0.39 is 6.04 Å². The molecule has 0 fully saturated rings. The molecule has 0 unspecified atom stereocenters. The van der Waals surface area contributed by atoms with Gasteiger partial charge in [-0.1, -0.05) is 79.2 Å². The lowest BCUT2D eigenvalue weighted by Gasteiger charge is -2.26. The van der Waals surface area contributed by atoms with E-state index in [1.807, 2.05) is 61.5 Å². The number of aryl methyl sites for hydroxylation is 1. The fraction of sp³-hybridized carbons (Fsp3) is 0.269. The van der Waals surface area contributed by atoms with Gasteiger partial charge in [-0.05, 0) is 43.5 Å². The van der Waals surface area contributed by atoms with Gasteiger partial charge in [-0.3, -0.25) is 10.1 Å². The van der Waals surface area contributed by atoms with Crippen LogP contribution in [0.4, 0.5) is 5.69 Å². The molecule has 0 saturated heterocycles. The molecular weight excluding hydrogens is 372 g/mol. The molecule has 2 N–H and O–H groups in total. The highest BCUT2D eigenvalue weighted by Gasteiger charge is 2.25. The summed E-state index contributed by atoms with van der Waals surface area (Å²) in [5, 5.41) is 6.63. The van der Waals surface area contributed by atoms with Crippen LogP contribution in [-0.4, -0.2) is 12.5 Å². The molecule has 2 atom stereocenters. The first-order valence-electron chi connectivity index (χ1n) is 10.5. The van der Waals surface area contributed by atoms with Crippen LogP contribution in [0.1, 0.15) is 49.0 Å². The van der Waals surface area contributed by atoms with Gasteiger partial charge in [0.1, 0.15) is 11.8 Å². The van der Waals surface area contributed by atoms with Crippen molar-refractivity contribution in [1.29, 1.82) is 0 Å². The Bertz CT molecular complexity index is 939. The number of nitrogens with one attached hydrogen (secondary N) is 2. The minimum Gasteiger partial charge on any atom is -0.492 e. The number of hydrogen-bond donors (Lipinski definition) is 2. The van der Waals surface area contributed by atoms with Crippen molar-refractivity contribution in [2.45, 2.75) is 39.3 Å². The molecule has 3 rings (SSSR count). The molecule has 0 aromatic heterocycles. The molecule has 0 aliphatic carbocycles. The maximum Gasteiger partial charge on any atom is 0.246 e. The SMILES string of the molecule is CCOc1ccccc1NC(=O)[C@H](N[C@H](CC)c1ccc(C)cc1)c1ccccc1. The Morgan fingerprint density at radius 1 is 0.867 bits per heavy atom. The van der Waals surface area contributed by atoms with Crippen molar-refractivity contribution in [3.63, 3.8) is 0 Å². The van der Waals surface area contributed by atoms with Crippen molar-refractivity contribution >= 4 is 11.6 Å². The van der Waals surface area contributed by atoms with Gasteiger partial charge < -0.3 is 10.1 Å². The zero-order valence-corrected chi connectivity index (χ0v) is 17.9. The fourth-order valence-corrected chi connectivity index (χ4v) is 3.47. The lowest BCUT2D eigenvalue weighted by atomic mass is 9.99. The molecule has 156 valence electrons. The normalized spacial score (nSPS) is 12.8. The van der Waals surface area contributed by atoms with E-state index in [-0.39, 0.29) is 11.9 Å². The molecule has 0 aliphatic rings. The molecular formula is C26H30N2O2. The van der Waals surface area contributed by atoms with Gasteiger partial charge in [0, 0.05) is 6.04 Å². The van der Waals surface area contributed by atoms with Gasteiger partial charge in [-0.25, -0.2) is 0 Å². The quantitative estimate of drug-likeness (QED) is 0.474. The summed E-state index contributed by atoms with van der Waals surface area (Å²) in [6.07, 6.45) is 0.870. The number of para-hydroxylation sites is 2. The standard InChI is InChI=1S/C26H30N2O2/c1-4-22(20-17-15-19(3)16-18-20)27-25(21-11-7-6-8-12-21)26(29)28-23-13-9-10-14-24(23)30-5-2/h6-18,22,25,27H,4-5H2,1-3H3,(H,28,29)/t22-,25-/m1/s1. The topological polar surface area (TPSA) is 50.4 Å². The summed E-state index contributed by atoms with van der Waals surface area (Å²) < 4.78 is 5.67. The Kier molecular flexibility index (Phi) is 7.63. The third-order valence-electron chi connectivity index (χ3n) is 5.10. The zero-order valence-electron chi connectivity index (χ0n) is 17.9. The van der Waals surface area contributed by atoms with Crippen molar-refractivity contribution in [2.24, 2.45) is 0 Å². The van der Waals surface area contributed by atoms with Gasteiger partial charge in [0.2, 0.25) is 5.91 Å². The smallest absolute Gasteiger partial charge is 0.246 e. The highest BCUT2D eigenvalue weighted by molar-refractivity contribution is 5.96. The average molecular weight is 403 g/mol. The summed E-state index contributed by atoms with van der Waals surface area (Å²) in [6.45, 7) is 6.68. The van der Waals surface area contributed by atoms with Gasteiger partial charge in [0.15, 0.2) is 0 Å². The fourth-order valence-electron chi connectivity index (χ4n) is 3.47. The monoisotopic (exact) mass is 402 g/mol. The lowest BCUT2D eigenvalue weighted by molar-refractivity contribution is -0.118. The molecule has 0 bridgehead atoms. The maximum atomic E-state index is 13.4. The average Bonchev–Trinajstić information content (AvgIpc) is 2.77. The van der Waals surface area contributed by atoms with Crippen LogP contribution in [0.2, 0.25) is 0 Å². The summed E-state index contributed by atoms with van der Waals surface area (Å²) >= 11 is 0. The first kappa shape index (κ1) is 21.6. The third kappa shape index (κ3) is 5.49. The van der Waals surface area contributed by atoms with E-state index in [4.69, 9.17) is 4.74 Å². The number of hydrogen-bond acceptors (Lipinski definition) is 3. The van der Waals surface area contributed by atoms with Crippen LogP contribution in [0.3, 0.4) is 0 Å². The number of amides is 1. The van der Waals surface area contributed by atoms with E-state index in [0.29, 0.717) is 18.0 Å². The third-order valence-corrected chi connectivity index (χ3v) is 5.10. The predicted octanol–water partition coefficient (Wildman–Crippen LogP) is 5.81. The molecule has 0 saturated carbocycles. The number of anilines is 1. The molecule has 30 heavy (non-hydrogen) atoms. The van der Waals surface area contributed by atoms with Gasteiger partial charge in [-0.15, -0.1) is 0 Å². The first-order valence-corrected chi connectivity index (χ1v) is 10.5. The summed E-state index contributed by atoms with van der Waals surface area (Å²) in [6, 6.07) is 25.4. The van der Waals surface area contributed by atoms with Gasteiger partial charge >= 0.3 is 0 Å². The van der Waals surface area contributed by atoms with Gasteiger partial charge in [0.25, 0.3) is 0 Å². The van der Waals surface area contributed by atoms with E-state index in [0.717, 1.165) is 12.0 Å². The van der Waals surface area contributed by atoms with Gasteiger partial charge in [0.05, 0.1) is 12.3 Å². The second-order valence-electron chi connectivity index (χ2n) is 7.30. The van der Waals surface area contributed by atoms with E-state index in [2.05, 4.69) is 48.7 Å². The molecule has 0 heterocycles. The zero-order chi connectivity index (χ0) is 21.3. The van der Waals surface area contributed by atoms with Crippen LogP contribution in [0.25, 0.3) is 0 Å². The van der Waals surface area contributed by atoms with E-state index in [1.54, 1.807) is 0 Å². The largest absolute Gasteiger partial charge is 0.492 e. The molecule has 3 aromatic carbocycles. The van der Waals surface area contributed by atoms with Crippen molar-refractivity contribution in [3.05, 3.63) is 95.6 Å². The summed E-state index contributed by atoms with van der Waals surface area (Å²) in [7, 11) is 0. The minimum atomic E-state index is -0.493. The molecule has 0 radical (unpaired) electrons. The van der Waals surface area contributed by atoms with Crippen LogP contribution in [0, 0.1) is 6.92 Å². The summed E-state index contributed by atoms with van der Waals surface area (Å²) in [5.74, 6) is 0.560. The second-order valence-corrected chi connectivity index (χ2v) is 7.30. The van der Waals surface area contributed by atoms with E-state index >= 15 is 0 Å². The number of ether oxygens (including phenoxy) is 1. The molecule has 1 amide bonds. The number of rotatable bonds is 9. The van der Waals surface area contributed by atoms with Crippen molar-refractivity contribution in [2.75, 3.05) is 11.9 Å². The van der Waals surface area contributed by atoms with Crippen LogP contribution < -0.4 is 15.4 Å². The Morgan fingerprint density at radius 3 is 2.20 bits per heavy atom. The maximum absolute atomic E-state index is 13.4. The molecule has 3 aromatic rings. The molecule has 4 heteroatoms. The Balaban J connectivity index is 1.87.